The van der Waals surface area contributed by atoms with Crippen LogP contribution in [-0.4, -0.2) is 43.9 Å². The van der Waals surface area contributed by atoms with E-state index >= 15 is 0 Å². The molecule has 0 saturated carbocycles. The van der Waals surface area contributed by atoms with Gasteiger partial charge < -0.3 is 4.90 Å². The van der Waals surface area contributed by atoms with E-state index in [1.165, 1.54) is 16.7 Å². The van der Waals surface area contributed by atoms with Crippen molar-refractivity contribution in [2.45, 2.75) is 25.2 Å². The van der Waals surface area contributed by atoms with Crippen molar-refractivity contribution in [1.82, 2.24) is 9.29 Å². The lowest BCUT2D eigenvalue weighted by Gasteiger charge is -2.33. The van der Waals surface area contributed by atoms with Crippen LogP contribution in [0.5, 0.6) is 0 Å². The number of thiazole rings is 1. The minimum absolute atomic E-state index is 0.329. The lowest BCUT2D eigenvalue weighted by molar-refractivity contribution is 0.384. The number of aryl methyl sites for hydroxylation is 1. The maximum atomic E-state index is 12.9. The molecule has 1 aromatic heterocycles. The summed E-state index contributed by atoms with van der Waals surface area (Å²) in [6.45, 7) is 6.49. The van der Waals surface area contributed by atoms with Crippen molar-refractivity contribution in [2.75, 3.05) is 31.1 Å². The summed E-state index contributed by atoms with van der Waals surface area (Å²) in [4.78, 5) is 7.34. The number of piperazine rings is 1. The fourth-order valence-corrected chi connectivity index (χ4v) is 6.52. The maximum Gasteiger partial charge on any atom is 0.243 e. The van der Waals surface area contributed by atoms with Crippen molar-refractivity contribution in [2.24, 2.45) is 0 Å². The summed E-state index contributed by atoms with van der Waals surface area (Å²) in [6.07, 6.45) is 0.821. The van der Waals surface area contributed by atoms with E-state index in [1.54, 1.807) is 33.8 Å². The van der Waals surface area contributed by atoms with Crippen LogP contribution >= 0.6 is 27.3 Å². The van der Waals surface area contributed by atoms with Crippen molar-refractivity contribution in [1.29, 1.82) is 0 Å². The Morgan fingerprint density at radius 1 is 1.07 bits per heavy atom. The van der Waals surface area contributed by atoms with Gasteiger partial charge in [-0.3, -0.25) is 0 Å². The lowest BCUT2D eigenvalue weighted by Crippen LogP contribution is -2.48. The highest BCUT2D eigenvalue weighted by molar-refractivity contribution is 9.10. The van der Waals surface area contributed by atoms with Crippen LogP contribution in [0.2, 0.25) is 0 Å². The third-order valence-corrected chi connectivity index (χ3v) is 8.91. The Hall–Kier alpha value is -1.74. The molecule has 30 heavy (non-hydrogen) atoms. The Kier molecular flexibility index (Phi) is 6.29. The van der Waals surface area contributed by atoms with Gasteiger partial charge in [0.2, 0.25) is 10.0 Å². The number of hydrogen-bond acceptors (Lipinski definition) is 5. The molecule has 2 aromatic carbocycles. The van der Waals surface area contributed by atoms with Gasteiger partial charge >= 0.3 is 0 Å². The summed E-state index contributed by atoms with van der Waals surface area (Å²) in [5, 5.41) is 3.08. The van der Waals surface area contributed by atoms with Gasteiger partial charge in [0.15, 0.2) is 5.13 Å². The van der Waals surface area contributed by atoms with Crippen LogP contribution in [0.15, 0.2) is 57.2 Å². The average molecular weight is 506 g/mol. The largest absolute Gasteiger partial charge is 0.345 e. The minimum atomic E-state index is -3.47. The van der Waals surface area contributed by atoms with Crippen LogP contribution < -0.4 is 4.90 Å². The summed E-state index contributed by atoms with van der Waals surface area (Å²) >= 11 is 4.99. The molecule has 4 rings (SSSR count). The summed E-state index contributed by atoms with van der Waals surface area (Å²) in [6, 6.07) is 13.3. The Bertz CT molecular complexity index is 1150. The van der Waals surface area contributed by atoms with Crippen LogP contribution in [0.1, 0.15) is 22.4 Å². The first-order chi connectivity index (χ1) is 14.3. The van der Waals surface area contributed by atoms with Crippen molar-refractivity contribution in [3.8, 4) is 0 Å². The normalized spacial score (nSPS) is 15.5. The average Bonchev–Trinajstić information content (AvgIpc) is 3.20. The Labute approximate surface area is 190 Å². The second-order valence-electron chi connectivity index (χ2n) is 7.51. The first kappa shape index (κ1) is 21.5. The minimum Gasteiger partial charge on any atom is -0.345 e. The van der Waals surface area contributed by atoms with Crippen LogP contribution in [0.4, 0.5) is 5.13 Å². The summed E-state index contributed by atoms with van der Waals surface area (Å²) in [5.74, 6) is 0. The van der Waals surface area contributed by atoms with Crippen molar-refractivity contribution in [3.63, 3.8) is 0 Å². The molecule has 1 fully saturated rings. The first-order valence-electron chi connectivity index (χ1n) is 9.85. The number of nitrogens with zero attached hydrogens (tertiary/aromatic N) is 3. The van der Waals surface area contributed by atoms with E-state index in [0.29, 0.717) is 31.1 Å². The molecule has 158 valence electrons. The second kappa shape index (κ2) is 8.78. The van der Waals surface area contributed by atoms with Gasteiger partial charge in [-0.1, -0.05) is 40.2 Å². The summed E-state index contributed by atoms with van der Waals surface area (Å²) in [5.41, 5.74) is 4.98. The zero-order valence-electron chi connectivity index (χ0n) is 17.0. The van der Waals surface area contributed by atoms with Gasteiger partial charge in [0.05, 0.1) is 10.6 Å². The molecule has 1 saturated heterocycles. The van der Waals surface area contributed by atoms with Gasteiger partial charge in [-0.05, 0) is 48.7 Å². The fraction of sp³-hybridized carbons (Fsp3) is 0.318. The number of rotatable bonds is 5. The molecule has 0 radical (unpaired) electrons. The molecule has 1 aliphatic heterocycles. The number of sulfonamides is 1. The Morgan fingerprint density at radius 2 is 1.80 bits per heavy atom. The van der Waals surface area contributed by atoms with Gasteiger partial charge in [-0.2, -0.15) is 4.31 Å². The molecule has 0 spiro atoms. The lowest BCUT2D eigenvalue weighted by atomic mass is 10.0. The fourth-order valence-electron chi connectivity index (χ4n) is 3.62. The van der Waals surface area contributed by atoms with E-state index in [-0.39, 0.29) is 0 Å². The zero-order chi connectivity index (χ0) is 21.3. The quantitative estimate of drug-likeness (QED) is 0.507. The van der Waals surface area contributed by atoms with Gasteiger partial charge in [-0.25, -0.2) is 13.4 Å². The van der Waals surface area contributed by atoms with Crippen molar-refractivity contribution < 1.29 is 8.42 Å². The third kappa shape index (κ3) is 4.46. The van der Waals surface area contributed by atoms with Crippen LogP contribution in [0.25, 0.3) is 0 Å². The molecule has 0 atom stereocenters. The van der Waals surface area contributed by atoms with E-state index in [4.69, 9.17) is 4.98 Å². The Morgan fingerprint density at radius 3 is 2.53 bits per heavy atom. The standard InChI is InChI=1S/C22H24BrN3O2S2/c1-16-5-3-6-18(17(16)2)13-20-15-29-22(24-20)25-9-11-26(12-10-25)30(27,28)21-8-4-7-19(23)14-21/h3-8,14-15H,9-13H2,1-2H3. The molecule has 8 heteroatoms. The molecule has 3 aromatic rings. The predicted molar refractivity (Wildman–Crippen MR) is 126 cm³/mol. The van der Waals surface area contributed by atoms with Gasteiger partial charge in [0, 0.05) is 42.5 Å². The van der Waals surface area contributed by atoms with Crippen molar-refractivity contribution in [3.05, 3.63) is 74.7 Å². The smallest absolute Gasteiger partial charge is 0.243 e. The maximum absolute atomic E-state index is 12.9. The SMILES string of the molecule is Cc1cccc(Cc2csc(N3CCN(S(=O)(=O)c4cccc(Br)c4)CC3)n2)c1C. The van der Waals surface area contributed by atoms with Gasteiger partial charge in [-0.15, -0.1) is 11.3 Å². The molecule has 0 amide bonds. The van der Waals surface area contributed by atoms with E-state index < -0.39 is 10.0 Å². The van der Waals surface area contributed by atoms with Crippen LogP contribution in [-0.2, 0) is 16.4 Å². The predicted octanol–water partition coefficient (Wildman–Crippen LogP) is 4.62. The third-order valence-electron chi connectivity index (χ3n) is 5.57. The number of hydrogen-bond donors (Lipinski definition) is 0. The highest BCUT2D eigenvalue weighted by atomic mass is 79.9. The van der Waals surface area contributed by atoms with E-state index in [0.717, 1.165) is 21.7 Å². The van der Waals surface area contributed by atoms with E-state index in [1.807, 2.05) is 6.07 Å². The highest BCUT2D eigenvalue weighted by Gasteiger charge is 2.29. The van der Waals surface area contributed by atoms with Gasteiger partial charge in [0.1, 0.15) is 0 Å². The monoisotopic (exact) mass is 505 g/mol. The number of benzene rings is 2. The van der Waals surface area contributed by atoms with Gasteiger partial charge in [0.25, 0.3) is 0 Å². The van der Waals surface area contributed by atoms with Crippen molar-refractivity contribution >= 4 is 42.4 Å². The Balaban J connectivity index is 1.42. The molecule has 0 N–H and O–H groups in total. The molecule has 5 nitrogen and oxygen atoms in total. The molecule has 0 bridgehead atoms. The highest BCUT2D eigenvalue weighted by Crippen LogP contribution is 2.26. The van der Waals surface area contributed by atoms with E-state index in [2.05, 4.69) is 58.3 Å². The van der Waals surface area contributed by atoms with E-state index in [9.17, 15) is 8.42 Å². The zero-order valence-corrected chi connectivity index (χ0v) is 20.2. The molecule has 0 aliphatic carbocycles. The van der Waals surface area contributed by atoms with Crippen LogP contribution in [0.3, 0.4) is 0 Å². The first-order valence-corrected chi connectivity index (χ1v) is 13.0. The second-order valence-corrected chi connectivity index (χ2v) is 11.2. The molecular formula is C22H24BrN3O2S2. The number of aromatic nitrogens is 1. The molecular weight excluding hydrogens is 482 g/mol. The number of anilines is 1. The summed E-state index contributed by atoms with van der Waals surface area (Å²) < 4.78 is 28.2. The summed E-state index contributed by atoms with van der Waals surface area (Å²) in [7, 11) is -3.47. The molecule has 0 unspecified atom stereocenters. The number of halogens is 1. The molecule has 1 aliphatic rings. The van der Waals surface area contributed by atoms with Crippen LogP contribution in [0, 0.1) is 13.8 Å². The molecule has 2 heterocycles. The topological polar surface area (TPSA) is 53.5 Å².